The van der Waals surface area contributed by atoms with Gasteiger partial charge >= 0.3 is 0 Å². The molecule has 0 saturated heterocycles. The summed E-state index contributed by atoms with van der Waals surface area (Å²) in [5, 5.41) is 3.05. The highest BCUT2D eigenvalue weighted by molar-refractivity contribution is 7.85. The quantitative estimate of drug-likeness (QED) is 0.721. The van der Waals surface area contributed by atoms with Crippen LogP contribution < -0.4 is 5.32 Å². The first-order valence-corrected chi connectivity index (χ1v) is 10.6. The number of hydrogen-bond acceptors (Lipinski definition) is 6. The third-order valence-corrected chi connectivity index (χ3v) is 4.66. The summed E-state index contributed by atoms with van der Waals surface area (Å²) >= 11 is 0. The van der Waals surface area contributed by atoms with E-state index in [1.807, 2.05) is 4.90 Å². The predicted octanol–water partition coefficient (Wildman–Crippen LogP) is 2.88. The van der Waals surface area contributed by atoms with Crippen molar-refractivity contribution in [2.75, 3.05) is 25.0 Å². The van der Waals surface area contributed by atoms with Crippen LogP contribution in [-0.2, 0) is 20.7 Å². The summed E-state index contributed by atoms with van der Waals surface area (Å²) in [6, 6.07) is 13.5. The van der Waals surface area contributed by atoms with Gasteiger partial charge in [-0.3, -0.25) is 14.3 Å². The van der Waals surface area contributed by atoms with E-state index in [0.717, 1.165) is 6.54 Å². The third kappa shape index (κ3) is 8.00. The molecule has 0 atom stereocenters. The van der Waals surface area contributed by atoms with Gasteiger partial charge < -0.3 is 10.2 Å². The van der Waals surface area contributed by atoms with Crippen LogP contribution in [0, 0.1) is 12.7 Å². The van der Waals surface area contributed by atoms with E-state index in [0.29, 0.717) is 35.9 Å². The summed E-state index contributed by atoms with van der Waals surface area (Å²) in [6.45, 7) is 4.97. The third-order valence-electron chi connectivity index (χ3n) is 3.96. The molecule has 0 fully saturated rings. The van der Waals surface area contributed by atoms with E-state index in [1.165, 1.54) is 6.07 Å². The van der Waals surface area contributed by atoms with Crippen LogP contribution in [0.4, 0.5) is 10.1 Å². The van der Waals surface area contributed by atoms with Crippen LogP contribution in [0.1, 0.15) is 18.1 Å². The monoisotopic (exact) mass is 421 g/mol. The first kappa shape index (κ1) is 22.5. The number of nitrogens with one attached hydrogen (secondary N) is 1. The Hall–Kier alpha value is -2.78. The van der Waals surface area contributed by atoms with Crippen LogP contribution in [0.15, 0.2) is 53.5 Å². The number of aryl methyl sites for hydroxylation is 1. The number of guanidine groups is 1. The number of carbonyl (C=O) groups is 1. The fraction of sp³-hybridized carbons (Fsp3) is 0.300. The molecule has 1 heterocycles. The maximum Gasteiger partial charge on any atom is 0.269 e. The Balaban J connectivity index is 0.000000234. The Labute approximate surface area is 170 Å². The van der Waals surface area contributed by atoms with Crippen LogP contribution in [0.3, 0.4) is 0 Å². The number of Topliss-reactive ketones (excluding diaryl/α,β-unsaturated/α-hetero) is 1. The number of aliphatic imine (C=N–C) groups is 1. The largest absolute Gasteiger partial charge is 0.334 e. The predicted molar refractivity (Wildman–Crippen MR) is 111 cm³/mol. The minimum atomic E-state index is -3.88. The second-order valence-electron chi connectivity index (χ2n) is 6.63. The van der Waals surface area contributed by atoms with E-state index >= 15 is 0 Å². The zero-order valence-corrected chi connectivity index (χ0v) is 17.1. The number of ketones is 1. The molecule has 0 bridgehead atoms. The molecule has 0 spiro atoms. The highest BCUT2D eigenvalue weighted by atomic mass is 32.2. The van der Waals surface area contributed by atoms with Crippen molar-refractivity contribution in [3.05, 3.63) is 65.5 Å². The van der Waals surface area contributed by atoms with Crippen molar-refractivity contribution in [1.29, 1.82) is 0 Å². The van der Waals surface area contributed by atoms with E-state index in [1.54, 1.807) is 56.3 Å². The minimum absolute atomic E-state index is 0.0847. The lowest BCUT2D eigenvalue weighted by molar-refractivity contribution is -0.117. The van der Waals surface area contributed by atoms with Crippen molar-refractivity contribution in [2.24, 2.45) is 4.99 Å². The molecule has 1 aliphatic heterocycles. The maximum absolute atomic E-state index is 13.4. The van der Waals surface area contributed by atoms with Gasteiger partial charge in [-0.15, -0.1) is 0 Å². The smallest absolute Gasteiger partial charge is 0.269 e. The Kier molecular flexibility index (Phi) is 7.86. The molecule has 0 saturated carbocycles. The van der Waals surface area contributed by atoms with E-state index in [-0.39, 0.29) is 17.4 Å². The Morgan fingerprint density at radius 1 is 1.24 bits per heavy atom. The summed E-state index contributed by atoms with van der Waals surface area (Å²) in [4.78, 5) is 17.2. The number of nitrogens with zero attached hydrogens (tertiary/aromatic N) is 2. The zero-order chi connectivity index (χ0) is 21.4. The molecule has 0 aliphatic carbocycles. The minimum Gasteiger partial charge on any atom is -0.334 e. The highest BCUT2D eigenvalue weighted by Gasteiger charge is 2.18. The van der Waals surface area contributed by atoms with Crippen LogP contribution >= 0.6 is 0 Å². The van der Waals surface area contributed by atoms with Crippen molar-refractivity contribution in [2.45, 2.75) is 19.6 Å². The molecule has 0 aromatic heterocycles. The van der Waals surface area contributed by atoms with Gasteiger partial charge in [0.15, 0.2) is 5.96 Å². The van der Waals surface area contributed by atoms with Gasteiger partial charge in [-0.05, 0) is 37.1 Å². The lowest BCUT2D eigenvalue weighted by Gasteiger charge is -2.19. The molecule has 9 heteroatoms. The van der Waals surface area contributed by atoms with Gasteiger partial charge in [0.2, 0.25) is 0 Å². The molecule has 29 heavy (non-hydrogen) atoms. The summed E-state index contributed by atoms with van der Waals surface area (Å²) in [5.74, 6) is 0.153. The first-order chi connectivity index (χ1) is 13.6. The van der Waals surface area contributed by atoms with Crippen molar-refractivity contribution in [3.8, 4) is 0 Å². The van der Waals surface area contributed by atoms with Gasteiger partial charge in [-0.25, -0.2) is 4.39 Å². The van der Waals surface area contributed by atoms with E-state index in [4.69, 9.17) is 4.55 Å². The summed E-state index contributed by atoms with van der Waals surface area (Å²) in [5.41, 5.74) is 1.84. The number of hydrogen-bond donors (Lipinski definition) is 2. The number of halogens is 1. The summed E-state index contributed by atoms with van der Waals surface area (Å²) < 4.78 is 42.6. The van der Waals surface area contributed by atoms with E-state index in [2.05, 4.69) is 10.3 Å². The molecule has 1 aliphatic rings. The average molecular weight is 421 g/mol. The van der Waals surface area contributed by atoms with Crippen LogP contribution in [0.5, 0.6) is 0 Å². The standard InChI is InChI=1S/C13H16FN3O.C7H8O3S/c1-9-3-4-11(7-12(9)14)16-13-15-5-6-17(13)8-10(2)18;8-11(9,10)6-7-4-2-1-3-5-7/h3-4,7H,5-6,8H2,1-2H3,(H,15,16);1-5H,6H2,(H,8,9,10). The van der Waals surface area contributed by atoms with Crippen LogP contribution in [0.25, 0.3) is 0 Å². The molecule has 2 N–H and O–H groups in total. The van der Waals surface area contributed by atoms with Crippen molar-refractivity contribution in [1.82, 2.24) is 4.90 Å². The topological polar surface area (TPSA) is 99.1 Å². The maximum atomic E-state index is 13.4. The molecule has 2 aromatic carbocycles. The molecule has 156 valence electrons. The van der Waals surface area contributed by atoms with Gasteiger partial charge in [0.1, 0.15) is 17.4 Å². The molecular formula is C20H24FN3O4S. The fourth-order valence-electron chi connectivity index (χ4n) is 2.61. The number of benzene rings is 2. The Morgan fingerprint density at radius 3 is 2.52 bits per heavy atom. The number of anilines is 1. The van der Waals surface area contributed by atoms with Gasteiger partial charge in [0, 0.05) is 12.2 Å². The lowest BCUT2D eigenvalue weighted by Crippen LogP contribution is -2.36. The summed E-state index contributed by atoms with van der Waals surface area (Å²) in [7, 11) is -3.88. The highest BCUT2D eigenvalue weighted by Crippen LogP contribution is 2.15. The van der Waals surface area contributed by atoms with Crippen molar-refractivity contribution >= 4 is 27.5 Å². The fourth-order valence-corrected chi connectivity index (χ4v) is 3.22. The van der Waals surface area contributed by atoms with E-state index < -0.39 is 10.1 Å². The molecule has 0 amide bonds. The van der Waals surface area contributed by atoms with E-state index in [9.17, 15) is 17.6 Å². The molecule has 2 aromatic rings. The van der Waals surface area contributed by atoms with Crippen molar-refractivity contribution in [3.63, 3.8) is 0 Å². The molecule has 7 nitrogen and oxygen atoms in total. The average Bonchev–Trinajstić information content (AvgIpc) is 3.04. The zero-order valence-electron chi connectivity index (χ0n) is 16.3. The van der Waals surface area contributed by atoms with Gasteiger partial charge in [0.25, 0.3) is 10.1 Å². The van der Waals surface area contributed by atoms with Gasteiger partial charge in [-0.1, -0.05) is 36.4 Å². The van der Waals surface area contributed by atoms with Crippen LogP contribution in [0.2, 0.25) is 0 Å². The first-order valence-electron chi connectivity index (χ1n) is 8.95. The molecule has 3 rings (SSSR count). The van der Waals surface area contributed by atoms with Gasteiger partial charge in [-0.2, -0.15) is 8.42 Å². The second-order valence-corrected chi connectivity index (χ2v) is 8.08. The number of carbonyl (C=O) groups excluding carboxylic acids is 1. The second kappa shape index (κ2) is 10.1. The summed E-state index contributed by atoms with van der Waals surface area (Å²) in [6.07, 6.45) is 0. The van der Waals surface area contributed by atoms with Crippen LogP contribution in [-0.4, -0.2) is 49.2 Å². The SMILES string of the molecule is CC(=O)CN1CCN=C1Nc1ccc(C)c(F)c1.O=S(=O)(O)Cc1ccccc1. The molecular weight excluding hydrogens is 397 g/mol. The van der Waals surface area contributed by atoms with Crippen molar-refractivity contribution < 1.29 is 22.2 Å². The normalized spacial score (nSPS) is 13.4. The van der Waals surface area contributed by atoms with Gasteiger partial charge in [0.05, 0.1) is 13.1 Å². The number of rotatable bonds is 5. The Bertz CT molecular complexity index is 978. The molecule has 0 radical (unpaired) electrons. The Morgan fingerprint density at radius 2 is 1.93 bits per heavy atom. The lowest BCUT2D eigenvalue weighted by atomic mass is 10.2. The molecule has 0 unspecified atom stereocenters.